The Kier molecular flexibility index (Phi) is 8.95. The zero-order valence-corrected chi connectivity index (χ0v) is 19.3. The highest BCUT2D eigenvalue weighted by Crippen LogP contribution is 2.28. The molecule has 7 heteroatoms. The molecule has 1 fully saturated rings. The van der Waals surface area contributed by atoms with Crippen LogP contribution in [0.15, 0.2) is 39.9 Å². The van der Waals surface area contributed by atoms with E-state index in [1.807, 2.05) is 23.9 Å². The molecule has 2 aromatic rings. The van der Waals surface area contributed by atoms with Crippen LogP contribution in [0.5, 0.6) is 0 Å². The number of aryl methyl sites for hydroxylation is 1. The number of halogens is 1. The van der Waals surface area contributed by atoms with Crippen molar-refractivity contribution >= 4 is 41.7 Å². The fraction of sp³-hybridized carbons (Fsp3) is 0.500. The predicted molar refractivity (Wildman–Crippen MR) is 125 cm³/mol. The average Bonchev–Trinajstić information content (AvgIpc) is 3.30. The standard InChI is InChI=1S/C20H28N4OS.HI/c1-4-21-20(24-16-9-10-18(11-16)26-3)22-12-17-13-25-19(23-17)15-7-5-14(2)6-8-15;/h5-8,13,16,18H,4,9-12H2,1-3H3,(H2,21,22,24);1H. The molecule has 0 spiro atoms. The number of aliphatic imine (C=N–C) groups is 1. The van der Waals surface area contributed by atoms with Crippen LogP contribution < -0.4 is 10.6 Å². The molecule has 1 aliphatic rings. The van der Waals surface area contributed by atoms with Gasteiger partial charge in [-0.15, -0.1) is 24.0 Å². The Morgan fingerprint density at radius 3 is 2.74 bits per heavy atom. The van der Waals surface area contributed by atoms with Crippen molar-refractivity contribution in [1.82, 2.24) is 15.6 Å². The lowest BCUT2D eigenvalue weighted by atomic mass is 10.1. The van der Waals surface area contributed by atoms with Crippen molar-refractivity contribution in [2.75, 3.05) is 12.8 Å². The highest BCUT2D eigenvalue weighted by Gasteiger charge is 2.24. The van der Waals surface area contributed by atoms with E-state index in [0.717, 1.165) is 29.0 Å². The molecule has 2 N–H and O–H groups in total. The maximum atomic E-state index is 5.62. The van der Waals surface area contributed by atoms with Crippen LogP contribution in [0.3, 0.4) is 0 Å². The van der Waals surface area contributed by atoms with Crippen molar-refractivity contribution in [3.8, 4) is 11.5 Å². The van der Waals surface area contributed by atoms with Crippen LogP contribution >= 0.6 is 35.7 Å². The average molecular weight is 500 g/mol. The van der Waals surface area contributed by atoms with E-state index in [-0.39, 0.29) is 24.0 Å². The van der Waals surface area contributed by atoms with E-state index < -0.39 is 0 Å². The first-order chi connectivity index (χ1) is 12.7. The zero-order chi connectivity index (χ0) is 18.4. The minimum atomic E-state index is 0. The number of oxazole rings is 1. The molecule has 27 heavy (non-hydrogen) atoms. The summed E-state index contributed by atoms with van der Waals surface area (Å²) >= 11 is 1.97. The molecule has 2 unspecified atom stereocenters. The third kappa shape index (κ3) is 6.41. The van der Waals surface area contributed by atoms with Gasteiger partial charge in [0.1, 0.15) is 12.0 Å². The van der Waals surface area contributed by atoms with E-state index in [4.69, 9.17) is 4.42 Å². The molecule has 0 bridgehead atoms. The van der Waals surface area contributed by atoms with Gasteiger partial charge in [0.05, 0.1) is 6.54 Å². The number of thioether (sulfide) groups is 1. The van der Waals surface area contributed by atoms with Crippen LogP contribution in [0, 0.1) is 6.92 Å². The minimum absolute atomic E-state index is 0. The van der Waals surface area contributed by atoms with Crippen molar-refractivity contribution in [3.63, 3.8) is 0 Å². The largest absolute Gasteiger partial charge is 0.444 e. The molecule has 5 nitrogen and oxygen atoms in total. The Morgan fingerprint density at radius 1 is 1.30 bits per heavy atom. The topological polar surface area (TPSA) is 62.5 Å². The van der Waals surface area contributed by atoms with Gasteiger partial charge < -0.3 is 15.1 Å². The smallest absolute Gasteiger partial charge is 0.226 e. The predicted octanol–water partition coefficient (Wildman–Crippen LogP) is 4.61. The van der Waals surface area contributed by atoms with Crippen molar-refractivity contribution in [3.05, 3.63) is 41.8 Å². The van der Waals surface area contributed by atoms with Crippen LogP contribution in [-0.4, -0.2) is 35.0 Å². The Balaban J connectivity index is 0.00000261. The summed E-state index contributed by atoms with van der Waals surface area (Å²) in [5.41, 5.74) is 3.05. The first-order valence-corrected chi connectivity index (χ1v) is 10.6. The molecule has 148 valence electrons. The number of benzene rings is 1. The molecule has 2 atom stereocenters. The lowest BCUT2D eigenvalue weighted by Crippen LogP contribution is -2.42. The molecule has 0 amide bonds. The highest BCUT2D eigenvalue weighted by molar-refractivity contribution is 14.0. The minimum Gasteiger partial charge on any atom is -0.444 e. The SMILES string of the molecule is CCNC(=NCc1coc(-c2ccc(C)cc2)n1)NC1CCC(SC)C1.I. The molecule has 1 aromatic heterocycles. The summed E-state index contributed by atoms with van der Waals surface area (Å²) in [5.74, 6) is 1.51. The third-order valence-electron chi connectivity index (χ3n) is 4.65. The molecule has 0 radical (unpaired) electrons. The molecule has 1 heterocycles. The van der Waals surface area contributed by atoms with Gasteiger partial charge in [0, 0.05) is 23.4 Å². The number of hydrogen-bond acceptors (Lipinski definition) is 4. The Bertz CT molecular complexity index is 732. The molecule has 0 aliphatic heterocycles. The quantitative estimate of drug-likeness (QED) is 0.345. The summed E-state index contributed by atoms with van der Waals surface area (Å²) in [6.45, 7) is 5.50. The monoisotopic (exact) mass is 500 g/mol. The van der Waals surface area contributed by atoms with E-state index >= 15 is 0 Å². The third-order valence-corrected chi connectivity index (χ3v) is 5.75. The highest BCUT2D eigenvalue weighted by atomic mass is 127. The van der Waals surface area contributed by atoms with Gasteiger partial charge in [-0.1, -0.05) is 17.7 Å². The fourth-order valence-electron chi connectivity index (χ4n) is 3.17. The normalized spacial score (nSPS) is 19.6. The van der Waals surface area contributed by atoms with Gasteiger partial charge in [-0.25, -0.2) is 9.98 Å². The lowest BCUT2D eigenvalue weighted by molar-refractivity contribution is 0.572. The molecule has 1 saturated carbocycles. The van der Waals surface area contributed by atoms with E-state index in [1.165, 1.54) is 24.8 Å². The molecule has 3 rings (SSSR count). The Morgan fingerprint density at radius 2 is 2.07 bits per heavy atom. The summed E-state index contributed by atoms with van der Waals surface area (Å²) in [7, 11) is 0. The molecular weight excluding hydrogens is 471 g/mol. The van der Waals surface area contributed by atoms with Crippen LogP contribution in [0.1, 0.15) is 37.4 Å². The van der Waals surface area contributed by atoms with Gasteiger partial charge in [0.15, 0.2) is 5.96 Å². The van der Waals surface area contributed by atoms with Gasteiger partial charge >= 0.3 is 0 Å². The van der Waals surface area contributed by atoms with Gasteiger partial charge in [-0.05, 0) is 51.5 Å². The van der Waals surface area contributed by atoms with Crippen molar-refractivity contribution in [2.24, 2.45) is 4.99 Å². The summed E-state index contributed by atoms with van der Waals surface area (Å²) in [6, 6.07) is 8.69. The molecule has 1 aliphatic carbocycles. The van der Waals surface area contributed by atoms with E-state index in [9.17, 15) is 0 Å². The van der Waals surface area contributed by atoms with Gasteiger partial charge in [-0.3, -0.25) is 0 Å². The summed E-state index contributed by atoms with van der Waals surface area (Å²) in [6.07, 6.45) is 7.58. The van der Waals surface area contributed by atoms with Crippen LogP contribution in [0.4, 0.5) is 0 Å². The first kappa shape index (κ1) is 22.1. The molecular formula is C20H29IN4OS. The van der Waals surface area contributed by atoms with E-state index in [0.29, 0.717) is 18.5 Å². The van der Waals surface area contributed by atoms with E-state index in [1.54, 1.807) is 6.26 Å². The lowest BCUT2D eigenvalue weighted by Gasteiger charge is -2.17. The Labute approximate surface area is 183 Å². The summed E-state index contributed by atoms with van der Waals surface area (Å²) in [5, 5.41) is 7.66. The van der Waals surface area contributed by atoms with Crippen molar-refractivity contribution in [1.29, 1.82) is 0 Å². The number of rotatable bonds is 6. The summed E-state index contributed by atoms with van der Waals surface area (Å²) in [4.78, 5) is 9.25. The second kappa shape index (κ2) is 10.9. The number of aromatic nitrogens is 1. The van der Waals surface area contributed by atoms with Crippen LogP contribution in [-0.2, 0) is 6.54 Å². The number of guanidine groups is 1. The first-order valence-electron chi connectivity index (χ1n) is 9.27. The van der Waals surface area contributed by atoms with E-state index in [2.05, 4.69) is 52.8 Å². The van der Waals surface area contributed by atoms with Gasteiger partial charge in [0.2, 0.25) is 5.89 Å². The zero-order valence-electron chi connectivity index (χ0n) is 16.2. The number of hydrogen-bond donors (Lipinski definition) is 2. The van der Waals surface area contributed by atoms with Crippen molar-refractivity contribution < 1.29 is 4.42 Å². The fourth-order valence-corrected chi connectivity index (χ4v) is 3.96. The number of nitrogens with one attached hydrogen (secondary N) is 2. The number of nitrogens with zero attached hydrogens (tertiary/aromatic N) is 2. The van der Waals surface area contributed by atoms with Crippen LogP contribution in [0.2, 0.25) is 0 Å². The summed E-state index contributed by atoms with van der Waals surface area (Å²) < 4.78 is 5.62. The second-order valence-electron chi connectivity index (χ2n) is 6.72. The Hall–Kier alpha value is -1.22. The van der Waals surface area contributed by atoms with Gasteiger partial charge in [-0.2, -0.15) is 11.8 Å². The molecule has 1 aromatic carbocycles. The molecule has 0 saturated heterocycles. The van der Waals surface area contributed by atoms with Gasteiger partial charge in [0.25, 0.3) is 0 Å². The maximum absolute atomic E-state index is 5.62. The second-order valence-corrected chi connectivity index (χ2v) is 7.86. The van der Waals surface area contributed by atoms with Crippen LogP contribution in [0.25, 0.3) is 11.5 Å². The van der Waals surface area contributed by atoms with Crippen molar-refractivity contribution in [2.45, 2.75) is 50.9 Å². The maximum Gasteiger partial charge on any atom is 0.226 e.